The standard InChI is InChI=1S/C21H21N3O6/c1-3-29-14-8-10-15(11-9-14)30-13(2)19(26)23-22-18(25)12-24-20(27)16-6-4-5-7-17(16)21(24)28/h4-11,13H,3,12H2,1-2H3,(H,22,25)(H,23,26)/t13-/m1/s1. The average molecular weight is 411 g/mol. The molecule has 0 radical (unpaired) electrons. The summed E-state index contributed by atoms with van der Waals surface area (Å²) in [6.07, 6.45) is -0.900. The lowest BCUT2D eigenvalue weighted by molar-refractivity contribution is -0.132. The molecule has 0 aliphatic carbocycles. The van der Waals surface area contributed by atoms with E-state index in [1.54, 1.807) is 36.4 Å². The molecule has 1 atom stereocenters. The number of benzene rings is 2. The molecule has 0 unspecified atom stereocenters. The minimum atomic E-state index is -0.900. The molecule has 9 heteroatoms. The van der Waals surface area contributed by atoms with Crippen molar-refractivity contribution in [3.8, 4) is 11.5 Å². The first-order valence-corrected chi connectivity index (χ1v) is 9.34. The van der Waals surface area contributed by atoms with Crippen molar-refractivity contribution in [1.29, 1.82) is 0 Å². The second kappa shape index (κ2) is 9.08. The van der Waals surface area contributed by atoms with Crippen LogP contribution in [0.2, 0.25) is 0 Å². The van der Waals surface area contributed by atoms with E-state index in [0.29, 0.717) is 18.1 Å². The first kappa shape index (κ1) is 20.8. The number of carbonyl (C=O) groups excluding carboxylic acids is 4. The number of imide groups is 1. The maximum Gasteiger partial charge on any atom is 0.279 e. The van der Waals surface area contributed by atoms with E-state index in [-0.39, 0.29) is 11.1 Å². The Bertz CT molecular complexity index is 938. The summed E-state index contributed by atoms with van der Waals surface area (Å²) in [5.74, 6) is -1.28. The van der Waals surface area contributed by atoms with Crippen LogP contribution >= 0.6 is 0 Å². The first-order chi connectivity index (χ1) is 14.4. The molecule has 0 aromatic heterocycles. The first-order valence-electron chi connectivity index (χ1n) is 9.34. The van der Waals surface area contributed by atoms with Gasteiger partial charge in [0.1, 0.15) is 18.0 Å². The predicted octanol–water partition coefficient (Wildman–Crippen LogP) is 1.30. The zero-order chi connectivity index (χ0) is 21.7. The van der Waals surface area contributed by atoms with Crippen LogP contribution in [-0.4, -0.2) is 47.8 Å². The molecule has 0 saturated heterocycles. The van der Waals surface area contributed by atoms with Gasteiger partial charge in [-0.25, -0.2) is 0 Å². The third-order valence-corrected chi connectivity index (χ3v) is 4.32. The van der Waals surface area contributed by atoms with E-state index in [2.05, 4.69) is 10.9 Å². The van der Waals surface area contributed by atoms with Crippen LogP contribution in [0.25, 0.3) is 0 Å². The van der Waals surface area contributed by atoms with E-state index < -0.39 is 36.3 Å². The summed E-state index contributed by atoms with van der Waals surface area (Å²) < 4.78 is 10.8. The number of hydrogen-bond acceptors (Lipinski definition) is 6. The molecule has 0 spiro atoms. The summed E-state index contributed by atoms with van der Waals surface area (Å²) in [7, 11) is 0. The van der Waals surface area contributed by atoms with Gasteiger partial charge in [0.05, 0.1) is 17.7 Å². The van der Waals surface area contributed by atoms with E-state index in [9.17, 15) is 19.2 Å². The molecular weight excluding hydrogens is 390 g/mol. The molecule has 0 fully saturated rings. The minimum absolute atomic E-state index is 0.247. The van der Waals surface area contributed by atoms with Crippen molar-refractivity contribution in [1.82, 2.24) is 15.8 Å². The summed E-state index contributed by atoms with van der Waals surface area (Å²) in [5.41, 5.74) is 4.90. The van der Waals surface area contributed by atoms with Crippen molar-refractivity contribution in [2.45, 2.75) is 20.0 Å². The lowest BCUT2D eigenvalue weighted by Gasteiger charge is -2.17. The number of ether oxygens (including phenoxy) is 2. The van der Waals surface area contributed by atoms with Gasteiger partial charge in [0, 0.05) is 0 Å². The highest BCUT2D eigenvalue weighted by Gasteiger charge is 2.36. The van der Waals surface area contributed by atoms with E-state index in [4.69, 9.17) is 9.47 Å². The molecular formula is C21H21N3O6. The quantitative estimate of drug-likeness (QED) is 0.524. The Morgan fingerprint density at radius 2 is 1.50 bits per heavy atom. The number of nitrogens with one attached hydrogen (secondary N) is 2. The topological polar surface area (TPSA) is 114 Å². The fraction of sp³-hybridized carbons (Fsp3) is 0.238. The summed E-state index contributed by atoms with van der Waals surface area (Å²) in [6, 6.07) is 13.1. The third-order valence-electron chi connectivity index (χ3n) is 4.32. The molecule has 30 heavy (non-hydrogen) atoms. The van der Waals surface area contributed by atoms with Gasteiger partial charge < -0.3 is 9.47 Å². The normalized spacial score (nSPS) is 13.5. The molecule has 1 heterocycles. The number of hydrogen-bond donors (Lipinski definition) is 2. The van der Waals surface area contributed by atoms with Crippen LogP contribution < -0.4 is 20.3 Å². The smallest absolute Gasteiger partial charge is 0.279 e. The highest BCUT2D eigenvalue weighted by molar-refractivity contribution is 6.22. The van der Waals surface area contributed by atoms with Crippen LogP contribution in [0.3, 0.4) is 0 Å². The Balaban J connectivity index is 1.48. The molecule has 2 aromatic rings. The maximum absolute atomic E-state index is 12.3. The largest absolute Gasteiger partial charge is 0.494 e. The lowest BCUT2D eigenvalue weighted by atomic mass is 10.1. The van der Waals surface area contributed by atoms with E-state index in [1.165, 1.54) is 19.1 Å². The second-order valence-electron chi connectivity index (χ2n) is 6.44. The van der Waals surface area contributed by atoms with Gasteiger partial charge in [-0.2, -0.15) is 0 Å². The SMILES string of the molecule is CCOc1ccc(O[C@H](C)C(=O)NNC(=O)CN2C(=O)c3ccccc3C2=O)cc1. The van der Waals surface area contributed by atoms with Gasteiger partial charge in [-0.1, -0.05) is 12.1 Å². The zero-order valence-corrected chi connectivity index (χ0v) is 16.5. The van der Waals surface area contributed by atoms with Crippen LogP contribution in [0.1, 0.15) is 34.6 Å². The van der Waals surface area contributed by atoms with Crippen LogP contribution in [0.4, 0.5) is 0 Å². The molecule has 9 nitrogen and oxygen atoms in total. The lowest BCUT2D eigenvalue weighted by Crippen LogP contribution is -2.50. The molecule has 0 saturated carbocycles. The van der Waals surface area contributed by atoms with Gasteiger partial charge in [0.15, 0.2) is 6.10 Å². The van der Waals surface area contributed by atoms with E-state index in [1.807, 2.05) is 6.92 Å². The van der Waals surface area contributed by atoms with Crippen molar-refractivity contribution < 1.29 is 28.7 Å². The maximum atomic E-state index is 12.3. The second-order valence-corrected chi connectivity index (χ2v) is 6.44. The summed E-state index contributed by atoms with van der Waals surface area (Å²) in [6.45, 7) is 3.42. The van der Waals surface area contributed by atoms with Crippen LogP contribution in [-0.2, 0) is 9.59 Å². The zero-order valence-electron chi connectivity index (χ0n) is 16.5. The molecule has 4 amide bonds. The highest BCUT2D eigenvalue weighted by atomic mass is 16.5. The monoisotopic (exact) mass is 411 g/mol. The van der Waals surface area contributed by atoms with Gasteiger partial charge in [-0.05, 0) is 50.2 Å². The number of nitrogens with zero attached hydrogens (tertiary/aromatic N) is 1. The fourth-order valence-electron chi connectivity index (χ4n) is 2.84. The number of rotatable bonds is 7. The fourth-order valence-corrected chi connectivity index (χ4v) is 2.84. The van der Waals surface area contributed by atoms with Crippen molar-refractivity contribution in [2.75, 3.05) is 13.2 Å². The molecule has 1 aliphatic heterocycles. The molecule has 2 N–H and O–H groups in total. The molecule has 0 bridgehead atoms. The molecule has 2 aromatic carbocycles. The molecule has 3 rings (SSSR count). The molecule has 1 aliphatic rings. The molecule has 156 valence electrons. The van der Waals surface area contributed by atoms with Gasteiger partial charge in [0.25, 0.3) is 23.6 Å². The predicted molar refractivity (Wildman–Crippen MR) is 106 cm³/mol. The Kier molecular flexibility index (Phi) is 6.31. The summed E-state index contributed by atoms with van der Waals surface area (Å²) >= 11 is 0. The number of hydrazine groups is 1. The van der Waals surface area contributed by atoms with E-state index >= 15 is 0 Å². The Morgan fingerprint density at radius 1 is 0.933 bits per heavy atom. The van der Waals surface area contributed by atoms with Crippen LogP contribution in [0.15, 0.2) is 48.5 Å². The third kappa shape index (κ3) is 4.57. The van der Waals surface area contributed by atoms with Crippen LogP contribution in [0, 0.1) is 0 Å². The highest BCUT2D eigenvalue weighted by Crippen LogP contribution is 2.22. The Labute approximate surface area is 172 Å². The van der Waals surface area contributed by atoms with Gasteiger partial charge in [-0.3, -0.25) is 34.9 Å². The van der Waals surface area contributed by atoms with Gasteiger partial charge in [0.2, 0.25) is 0 Å². The van der Waals surface area contributed by atoms with Crippen molar-refractivity contribution >= 4 is 23.6 Å². The minimum Gasteiger partial charge on any atom is -0.494 e. The van der Waals surface area contributed by atoms with Crippen molar-refractivity contribution in [2.24, 2.45) is 0 Å². The van der Waals surface area contributed by atoms with Crippen molar-refractivity contribution in [3.63, 3.8) is 0 Å². The summed E-state index contributed by atoms with van der Waals surface area (Å²) in [5, 5.41) is 0. The summed E-state index contributed by atoms with van der Waals surface area (Å²) in [4.78, 5) is 49.6. The number of fused-ring (bicyclic) bond motifs is 1. The van der Waals surface area contributed by atoms with Gasteiger partial charge >= 0.3 is 0 Å². The number of carbonyl (C=O) groups is 4. The Morgan fingerprint density at radius 3 is 2.07 bits per heavy atom. The van der Waals surface area contributed by atoms with Gasteiger partial charge in [-0.15, -0.1) is 0 Å². The Hall–Kier alpha value is -3.88. The average Bonchev–Trinajstić information content (AvgIpc) is 2.98. The number of amides is 4. The van der Waals surface area contributed by atoms with Crippen molar-refractivity contribution in [3.05, 3.63) is 59.7 Å². The van der Waals surface area contributed by atoms with E-state index in [0.717, 1.165) is 4.90 Å². The van der Waals surface area contributed by atoms with Crippen LogP contribution in [0.5, 0.6) is 11.5 Å².